The predicted molar refractivity (Wildman–Crippen MR) is 52.9 cm³/mol. The van der Waals surface area contributed by atoms with E-state index in [1.807, 2.05) is 6.08 Å². The Balaban J connectivity index is 2.29. The van der Waals surface area contributed by atoms with E-state index in [0.717, 1.165) is 5.47 Å². The second-order valence-electron chi connectivity index (χ2n) is 3.45. The molecule has 0 aromatic rings. The summed E-state index contributed by atoms with van der Waals surface area (Å²) in [5, 5.41) is 0. The van der Waals surface area contributed by atoms with Crippen LogP contribution >= 0.6 is 0 Å². The van der Waals surface area contributed by atoms with Gasteiger partial charge in [-0.25, -0.2) is 0 Å². The van der Waals surface area contributed by atoms with Crippen molar-refractivity contribution < 1.29 is 0 Å². The molecule has 1 unspecified atom stereocenters. The van der Waals surface area contributed by atoms with Gasteiger partial charge in [-0.2, -0.15) is 0 Å². The van der Waals surface area contributed by atoms with Crippen LogP contribution in [0.3, 0.4) is 0 Å². The Kier molecular flexibility index (Phi) is 1.80. The Hall–Kier alpha value is -0.975. The van der Waals surface area contributed by atoms with Crippen LogP contribution in [0.2, 0.25) is 0 Å². The fourth-order valence-electron chi connectivity index (χ4n) is 1.71. The third-order valence-corrected chi connectivity index (χ3v) is 2.38. The van der Waals surface area contributed by atoms with Gasteiger partial charge in [0, 0.05) is 11.8 Å². The zero-order valence-electron chi connectivity index (χ0n) is 7.20. The smallest absolute Gasteiger partial charge is 0.100 e. The molecule has 0 nitrogen and oxygen atoms in total. The quantitative estimate of drug-likeness (QED) is 0.470. The third-order valence-electron chi connectivity index (χ3n) is 2.38. The van der Waals surface area contributed by atoms with Crippen LogP contribution in [-0.4, -0.2) is 7.85 Å². The summed E-state index contributed by atoms with van der Waals surface area (Å²) in [6, 6.07) is 0. The van der Waals surface area contributed by atoms with Gasteiger partial charge in [-0.15, -0.1) is 5.47 Å². The molecule has 0 N–H and O–H groups in total. The number of hydrogen-bond donors (Lipinski definition) is 0. The maximum atomic E-state index is 5.70. The Labute approximate surface area is 74.8 Å². The lowest BCUT2D eigenvalue weighted by molar-refractivity contribution is 0.653. The fraction of sp³-hybridized carbons (Fsp3) is 0.273. The van der Waals surface area contributed by atoms with E-state index >= 15 is 0 Å². The Morgan fingerprint density at radius 1 is 1.08 bits per heavy atom. The number of fused-ring (bicyclic) bond motifs is 1. The SMILES string of the molecule is [B]C1=C[C@H]2C=CC(C)=CC2C=C1. The molecular formula is C11H11B. The highest BCUT2D eigenvalue weighted by Crippen LogP contribution is 2.29. The van der Waals surface area contributed by atoms with Crippen molar-refractivity contribution in [3.63, 3.8) is 0 Å². The van der Waals surface area contributed by atoms with E-state index in [4.69, 9.17) is 7.85 Å². The number of hydrogen-bond acceptors (Lipinski definition) is 0. The molecule has 2 rings (SSSR count). The summed E-state index contributed by atoms with van der Waals surface area (Å²) in [6.45, 7) is 2.13. The summed E-state index contributed by atoms with van der Waals surface area (Å²) in [5.41, 5.74) is 2.23. The van der Waals surface area contributed by atoms with E-state index in [1.165, 1.54) is 5.57 Å². The molecule has 0 saturated heterocycles. The lowest BCUT2D eigenvalue weighted by Crippen LogP contribution is -2.12. The highest BCUT2D eigenvalue weighted by molar-refractivity contribution is 6.23. The molecule has 0 saturated carbocycles. The van der Waals surface area contributed by atoms with Gasteiger partial charge in [0.05, 0.1) is 0 Å². The number of rotatable bonds is 0. The van der Waals surface area contributed by atoms with E-state index in [0.29, 0.717) is 11.8 Å². The zero-order valence-corrected chi connectivity index (χ0v) is 7.20. The standard InChI is InChI=1S/C11H11B/c1-8-2-3-10-7-11(12)5-4-9(10)6-8/h2-7,9-10H,1H3/t9?,10-/m1/s1. The van der Waals surface area contributed by atoms with Crippen molar-refractivity contribution in [3.05, 3.63) is 47.5 Å². The first-order chi connectivity index (χ1) is 5.75. The largest absolute Gasteiger partial charge is 0.113 e. The summed E-state index contributed by atoms with van der Waals surface area (Å²) in [5.74, 6) is 1.01. The van der Waals surface area contributed by atoms with Crippen LogP contribution < -0.4 is 0 Å². The van der Waals surface area contributed by atoms with E-state index in [1.54, 1.807) is 0 Å². The van der Waals surface area contributed by atoms with E-state index < -0.39 is 0 Å². The second-order valence-corrected chi connectivity index (χ2v) is 3.45. The van der Waals surface area contributed by atoms with Crippen molar-refractivity contribution in [1.82, 2.24) is 0 Å². The van der Waals surface area contributed by atoms with Crippen LogP contribution in [0.15, 0.2) is 47.5 Å². The summed E-state index contributed by atoms with van der Waals surface area (Å²) in [4.78, 5) is 0. The minimum Gasteiger partial charge on any atom is -0.100 e. The summed E-state index contributed by atoms with van der Waals surface area (Å²) in [7, 11) is 5.70. The first-order valence-corrected chi connectivity index (χ1v) is 4.28. The lowest BCUT2D eigenvalue weighted by Gasteiger charge is -2.23. The van der Waals surface area contributed by atoms with E-state index in [9.17, 15) is 0 Å². The molecule has 0 spiro atoms. The van der Waals surface area contributed by atoms with E-state index in [2.05, 4.69) is 37.3 Å². The van der Waals surface area contributed by atoms with Crippen LogP contribution in [0, 0.1) is 11.8 Å². The minimum absolute atomic E-state index is 0.485. The molecule has 12 heavy (non-hydrogen) atoms. The molecule has 58 valence electrons. The number of allylic oxidation sites excluding steroid dienone is 8. The normalized spacial score (nSPS) is 32.4. The van der Waals surface area contributed by atoms with Crippen molar-refractivity contribution in [1.29, 1.82) is 0 Å². The molecule has 2 radical (unpaired) electrons. The topological polar surface area (TPSA) is 0 Å². The molecule has 0 aliphatic heterocycles. The van der Waals surface area contributed by atoms with Crippen molar-refractivity contribution in [3.8, 4) is 0 Å². The molecule has 2 aliphatic rings. The molecule has 0 aromatic heterocycles. The third kappa shape index (κ3) is 1.31. The maximum absolute atomic E-state index is 5.70. The first-order valence-electron chi connectivity index (χ1n) is 4.28. The lowest BCUT2D eigenvalue weighted by atomic mass is 9.77. The van der Waals surface area contributed by atoms with Gasteiger partial charge in [-0.05, 0) is 6.92 Å². The molecule has 0 heterocycles. The van der Waals surface area contributed by atoms with Crippen molar-refractivity contribution in [2.75, 3.05) is 0 Å². The fourth-order valence-corrected chi connectivity index (χ4v) is 1.71. The molecule has 1 heteroatoms. The van der Waals surface area contributed by atoms with Gasteiger partial charge in [-0.3, -0.25) is 0 Å². The Morgan fingerprint density at radius 3 is 2.58 bits per heavy atom. The van der Waals surface area contributed by atoms with Gasteiger partial charge in [-0.1, -0.05) is 42.0 Å². The highest BCUT2D eigenvalue weighted by atomic mass is 14.2. The highest BCUT2D eigenvalue weighted by Gasteiger charge is 2.17. The van der Waals surface area contributed by atoms with Crippen molar-refractivity contribution in [2.45, 2.75) is 6.92 Å². The average molecular weight is 154 g/mol. The van der Waals surface area contributed by atoms with E-state index in [-0.39, 0.29) is 0 Å². The monoisotopic (exact) mass is 154 g/mol. The van der Waals surface area contributed by atoms with Crippen molar-refractivity contribution >= 4 is 7.85 Å². The van der Waals surface area contributed by atoms with Crippen LogP contribution in [0.5, 0.6) is 0 Å². The maximum Gasteiger partial charge on any atom is 0.113 e. The van der Waals surface area contributed by atoms with Crippen LogP contribution in [0.25, 0.3) is 0 Å². The molecule has 0 bridgehead atoms. The second kappa shape index (κ2) is 2.82. The van der Waals surface area contributed by atoms with Gasteiger partial charge in [0.1, 0.15) is 7.85 Å². The van der Waals surface area contributed by atoms with Gasteiger partial charge in [0.15, 0.2) is 0 Å². The first kappa shape index (κ1) is 7.66. The Morgan fingerprint density at radius 2 is 1.75 bits per heavy atom. The minimum atomic E-state index is 0.485. The Bertz CT molecular complexity index is 273. The van der Waals surface area contributed by atoms with Crippen LogP contribution in [0.4, 0.5) is 0 Å². The zero-order chi connectivity index (χ0) is 8.55. The van der Waals surface area contributed by atoms with Gasteiger partial charge in [0.25, 0.3) is 0 Å². The van der Waals surface area contributed by atoms with Crippen LogP contribution in [-0.2, 0) is 0 Å². The van der Waals surface area contributed by atoms with Gasteiger partial charge in [0.2, 0.25) is 0 Å². The molecule has 0 fully saturated rings. The molecule has 2 atom stereocenters. The van der Waals surface area contributed by atoms with Gasteiger partial charge < -0.3 is 0 Å². The van der Waals surface area contributed by atoms with Crippen molar-refractivity contribution in [2.24, 2.45) is 11.8 Å². The molecule has 0 aromatic carbocycles. The van der Waals surface area contributed by atoms with Crippen LogP contribution in [0.1, 0.15) is 6.92 Å². The molecule has 2 aliphatic carbocycles. The average Bonchev–Trinajstić information content (AvgIpc) is 2.05. The van der Waals surface area contributed by atoms with Gasteiger partial charge >= 0.3 is 0 Å². The summed E-state index contributed by atoms with van der Waals surface area (Å²) >= 11 is 0. The molecular weight excluding hydrogens is 143 g/mol. The molecule has 0 amide bonds. The summed E-state index contributed by atoms with van der Waals surface area (Å²) < 4.78 is 0. The summed E-state index contributed by atoms with van der Waals surface area (Å²) in [6.07, 6.45) is 12.9. The predicted octanol–water partition coefficient (Wildman–Crippen LogP) is 2.36.